The third-order valence-electron chi connectivity index (χ3n) is 3.57. The van der Waals surface area contributed by atoms with E-state index in [4.69, 9.17) is 0 Å². The third-order valence-corrected chi connectivity index (χ3v) is 6.82. The number of thiophene rings is 1. The van der Waals surface area contributed by atoms with Crippen LogP contribution in [0.25, 0.3) is 0 Å². The van der Waals surface area contributed by atoms with Gasteiger partial charge in [0, 0.05) is 21.3 Å². The van der Waals surface area contributed by atoms with Gasteiger partial charge in [-0.2, -0.15) is 0 Å². The van der Waals surface area contributed by atoms with Gasteiger partial charge in [0.15, 0.2) is 0 Å². The highest BCUT2D eigenvalue weighted by molar-refractivity contribution is 9.13. The van der Waals surface area contributed by atoms with Crippen LogP contribution in [0.3, 0.4) is 0 Å². The number of rotatable bonds is 3. The molecule has 1 N–H and O–H groups in total. The van der Waals surface area contributed by atoms with Gasteiger partial charge in [0.25, 0.3) is 0 Å². The molecular weight excluding hydrogens is 350 g/mol. The molecule has 1 nitrogen and oxygen atoms in total. The summed E-state index contributed by atoms with van der Waals surface area (Å²) in [5, 5.41) is 3.72. The first-order chi connectivity index (χ1) is 7.53. The van der Waals surface area contributed by atoms with Crippen molar-refractivity contribution in [3.05, 3.63) is 19.2 Å². The molecule has 0 amide bonds. The molecule has 90 valence electrons. The van der Waals surface area contributed by atoms with Crippen molar-refractivity contribution >= 4 is 43.2 Å². The van der Waals surface area contributed by atoms with Gasteiger partial charge in [-0.3, -0.25) is 0 Å². The average Bonchev–Trinajstić information content (AvgIpc) is 2.77. The van der Waals surface area contributed by atoms with Crippen molar-refractivity contribution in [1.82, 2.24) is 5.32 Å². The Kier molecular flexibility index (Phi) is 4.15. The zero-order valence-electron chi connectivity index (χ0n) is 9.65. The highest BCUT2D eigenvalue weighted by atomic mass is 79.9. The van der Waals surface area contributed by atoms with Crippen LogP contribution < -0.4 is 5.32 Å². The molecule has 1 atom stereocenters. The molecule has 2 heterocycles. The molecule has 1 fully saturated rings. The number of halogens is 2. The fraction of sp³-hybridized carbons (Fsp3) is 0.667. The van der Waals surface area contributed by atoms with Crippen molar-refractivity contribution in [3.8, 4) is 0 Å². The van der Waals surface area contributed by atoms with Gasteiger partial charge >= 0.3 is 0 Å². The first-order valence-corrected chi connectivity index (χ1v) is 8.12. The Morgan fingerprint density at radius 2 is 2.25 bits per heavy atom. The summed E-state index contributed by atoms with van der Waals surface area (Å²) in [6.07, 6.45) is 3.77. The van der Waals surface area contributed by atoms with Gasteiger partial charge in [0.2, 0.25) is 0 Å². The SMILES string of the molecule is CC(C)C1(Cc2cc(Br)c(Br)s2)CCCN1. The van der Waals surface area contributed by atoms with Crippen LogP contribution in [0.1, 0.15) is 31.6 Å². The summed E-state index contributed by atoms with van der Waals surface area (Å²) in [7, 11) is 0. The van der Waals surface area contributed by atoms with Crippen LogP contribution in [-0.4, -0.2) is 12.1 Å². The maximum absolute atomic E-state index is 3.72. The minimum atomic E-state index is 0.323. The monoisotopic (exact) mass is 365 g/mol. The molecule has 1 aliphatic rings. The first kappa shape index (κ1) is 13.1. The number of hydrogen-bond acceptors (Lipinski definition) is 2. The lowest BCUT2D eigenvalue weighted by molar-refractivity contribution is 0.271. The molecule has 2 rings (SSSR count). The standard InChI is InChI=1S/C12H17Br2NS/c1-8(2)12(4-3-5-15-12)7-9-6-10(13)11(14)16-9/h6,8,15H,3-5,7H2,1-2H3. The quantitative estimate of drug-likeness (QED) is 0.824. The van der Waals surface area contributed by atoms with E-state index in [1.165, 1.54) is 32.5 Å². The van der Waals surface area contributed by atoms with Gasteiger partial charge in [-0.25, -0.2) is 0 Å². The predicted octanol–water partition coefficient (Wildman–Crippen LogP) is 4.59. The van der Waals surface area contributed by atoms with Crippen LogP contribution in [0.4, 0.5) is 0 Å². The number of hydrogen-bond donors (Lipinski definition) is 1. The minimum absolute atomic E-state index is 0.323. The van der Waals surface area contributed by atoms with Crippen LogP contribution in [-0.2, 0) is 6.42 Å². The van der Waals surface area contributed by atoms with E-state index in [1.54, 1.807) is 0 Å². The lowest BCUT2D eigenvalue weighted by Gasteiger charge is -2.33. The molecule has 1 unspecified atom stereocenters. The van der Waals surface area contributed by atoms with Crippen LogP contribution >= 0.6 is 43.2 Å². The van der Waals surface area contributed by atoms with Crippen LogP contribution in [0.15, 0.2) is 14.3 Å². The Labute approximate surface area is 118 Å². The third kappa shape index (κ3) is 2.55. The minimum Gasteiger partial charge on any atom is -0.311 e. The normalized spacial score (nSPS) is 25.6. The van der Waals surface area contributed by atoms with E-state index in [0.29, 0.717) is 11.5 Å². The Morgan fingerprint density at radius 3 is 2.69 bits per heavy atom. The van der Waals surface area contributed by atoms with Crippen LogP contribution in [0.2, 0.25) is 0 Å². The van der Waals surface area contributed by atoms with E-state index >= 15 is 0 Å². The Balaban J connectivity index is 2.17. The van der Waals surface area contributed by atoms with Crippen molar-refractivity contribution < 1.29 is 0 Å². The summed E-state index contributed by atoms with van der Waals surface area (Å²) in [5.41, 5.74) is 0.323. The molecule has 0 bridgehead atoms. The van der Waals surface area contributed by atoms with Gasteiger partial charge in [-0.1, -0.05) is 13.8 Å². The fourth-order valence-corrected chi connectivity index (χ4v) is 4.77. The van der Waals surface area contributed by atoms with E-state index in [9.17, 15) is 0 Å². The second kappa shape index (κ2) is 5.09. The summed E-state index contributed by atoms with van der Waals surface area (Å²) in [6.45, 7) is 5.83. The highest BCUT2D eigenvalue weighted by Gasteiger charge is 2.36. The zero-order valence-corrected chi connectivity index (χ0v) is 13.6. The van der Waals surface area contributed by atoms with Crippen molar-refractivity contribution in [2.24, 2.45) is 5.92 Å². The summed E-state index contributed by atoms with van der Waals surface area (Å²) in [6, 6.07) is 2.25. The van der Waals surface area contributed by atoms with Crippen LogP contribution in [0, 0.1) is 5.92 Å². The molecule has 0 radical (unpaired) electrons. The largest absolute Gasteiger partial charge is 0.311 e. The van der Waals surface area contributed by atoms with Gasteiger partial charge in [-0.05, 0) is 63.2 Å². The Bertz CT molecular complexity index is 348. The van der Waals surface area contributed by atoms with Crippen molar-refractivity contribution in [1.29, 1.82) is 0 Å². The van der Waals surface area contributed by atoms with Gasteiger partial charge in [-0.15, -0.1) is 11.3 Å². The van der Waals surface area contributed by atoms with Gasteiger partial charge < -0.3 is 5.32 Å². The average molecular weight is 367 g/mol. The maximum Gasteiger partial charge on any atom is 0.0843 e. The van der Waals surface area contributed by atoms with E-state index < -0.39 is 0 Å². The molecule has 1 aliphatic heterocycles. The van der Waals surface area contributed by atoms with Crippen molar-refractivity contribution in [2.45, 2.75) is 38.6 Å². The molecule has 0 aromatic carbocycles. The van der Waals surface area contributed by atoms with Crippen molar-refractivity contribution in [2.75, 3.05) is 6.54 Å². The number of nitrogens with one attached hydrogen (secondary N) is 1. The molecule has 0 spiro atoms. The lowest BCUT2D eigenvalue weighted by atomic mass is 9.81. The first-order valence-electron chi connectivity index (χ1n) is 5.72. The molecule has 1 aromatic rings. The molecule has 1 aromatic heterocycles. The smallest absolute Gasteiger partial charge is 0.0843 e. The summed E-state index contributed by atoms with van der Waals surface area (Å²) >= 11 is 8.98. The second-order valence-electron chi connectivity index (χ2n) is 4.85. The topological polar surface area (TPSA) is 12.0 Å². The Morgan fingerprint density at radius 1 is 1.50 bits per heavy atom. The molecule has 16 heavy (non-hydrogen) atoms. The summed E-state index contributed by atoms with van der Waals surface area (Å²) < 4.78 is 2.39. The van der Waals surface area contributed by atoms with Gasteiger partial charge in [0.05, 0.1) is 3.79 Å². The zero-order chi connectivity index (χ0) is 11.8. The summed E-state index contributed by atoms with van der Waals surface area (Å²) in [4.78, 5) is 1.46. The van der Waals surface area contributed by atoms with E-state index in [2.05, 4.69) is 57.1 Å². The molecule has 4 heteroatoms. The Hall–Kier alpha value is 0.620. The fourth-order valence-electron chi connectivity index (χ4n) is 2.47. The predicted molar refractivity (Wildman–Crippen MR) is 78.2 cm³/mol. The molecule has 1 saturated heterocycles. The highest BCUT2D eigenvalue weighted by Crippen LogP contribution is 2.38. The van der Waals surface area contributed by atoms with Crippen molar-refractivity contribution in [3.63, 3.8) is 0 Å². The molecule has 0 aliphatic carbocycles. The van der Waals surface area contributed by atoms with Crippen LogP contribution in [0.5, 0.6) is 0 Å². The lowest BCUT2D eigenvalue weighted by Crippen LogP contribution is -2.46. The summed E-state index contributed by atoms with van der Waals surface area (Å²) in [5.74, 6) is 0.689. The van der Waals surface area contributed by atoms with E-state index in [0.717, 1.165) is 6.42 Å². The molecular formula is C12H17Br2NS. The van der Waals surface area contributed by atoms with Gasteiger partial charge in [0.1, 0.15) is 0 Å². The van der Waals surface area contributed by atoms with E-state index in [1.807, 2.05) is 11.3 Å². The molecule has 0 saturated carbocycles. The maximum atomic E-state index is 3.72. The van der Waals surface area contributed by atoms with E-state index in [-0.39, 0.29) is 0 Å². The second-order valence-corrected chi connectivity index (χ2v) is 8.16.